The summed E-state index contributed by atoms with van der Waals surface area (Å²) in [6.45, 7) is 0.0604. The molecule has 0 spiro atoms. The van der Waals surface area contributed by atoms with E-state index >= 15 is 0 Å². The lowest BCUT2D eigenvalue weighted by atomic mass is 10.1. The normalized spacial score (nSPS) is 17.6. The molecule has 0 saturated carbocycles. The molecule has 1 aliphatic rings. The molecule has 0 aromatic heterocycles. The first-order chi connectivity index (χ1) is 9.54. The van der Waals surface area contributed by atoms with Crippen LogP contribution >= 0.6 is 0 Å². The minimum Gasteiger partial charge on any atom is -0.506 e. The van der Waals surface area contributed by atoms with E-state index in [1.807, 2.05) is 0 Å². The second-order valence-corrected chi connectivity index (χ2v) is 5.09. The number of hydrogen-bond donors (Lipinski definition) is 3. The summed E-state index contributed by atoms with van der Waals surface area (Å²) in [5, 5.41) is 9.73. The van der Waals surface area contributed by atoms with Crippen molar-refractivity contribution in [2.24, 2.45) is 5.73 Å². The van der Waals surface area contributed by atoms with Crippen molar-refractivity contribution >= 4 is 22.8 Å². The number of carbonyl (C=O) groups excluding carboxylic acids is 1. The van der Waals surface area contributed by atoms with E-state index in [4.69, 9.17) is 5.73 Å². The molecule has 0 bridgehead atoms. The predicted octanol–water partition coefficient (Wildman–Crippen LogP) is -0.253. The number of nitrogens with two attached hydrogens (primary N) is 1. The van der Waals surface area contributed by atoms with Crippen molar-refractivity contribution in [3.05, 3.63) is 23.5 Å². The van der Waals surface area contributed by atoms with Gasteiger partial charge in [0, 0.05) is 13.0 Å². The van der Waals surface area contributed by atoms with Gasteiger partial charge in [0.1, 0.15) is 18.0 Å². The van der Waals surface area contributed by atoms with E-state index in [-0.39, 0.29) is 17.8 Å². The number of hydrogen-bond acceptors (Lipinski definition) is 4. The van der Waals surface area contributed by atoms with Crippen LogP contribution in [0.3, 0.4) is 0 Å². The average molecular weight is 297 g/mol. The fourth-order valence-electron chi connectivity index (χ4n) is 1.65. The van der Waals surface area contributed by atoms with Crippen molar-refractivity contribution in [2.45, 2.75) is 6.42 Å². The maximum Gasteiger partial charge on any atom is 0.253 e. The third-order valence-corrected chi connectivity index (χ3v) is 3.64. The van der Waals surface area contributed by atoms with Crippen LogP contribution in [-0.2, 0) is 16.0 Å². The van der Waals surface area contributed by atoms with Crippen LogP contribution in [0.25, 0.3) is 0 Å². The first-order valence-electron chi connectivity index (χ1n) is 5.74. The van der Waals surface area contributed by atoms with E-state index in [0.717, 1.165) is 4.31 Å². The number of phenolic OH excluding ortho intramolecular Hbond substituents is 1. The Morgan fingerprint density at radius 1 is 1.55 bits per heavy atom. The second-order valence-electron chi connectivity index (χ2n) is 3.95. The number of carbonyl (C=O) groups is 1. The number of rotatable bonds is 2. The van der Waals surface area contributed by atoms with Gasteiger partial charge in [-0.2, -0.15) is 0 Å². The Balaban J connectivity index is 2.43. The molecule has 1 aliphatic heterocycles. The van der Waals surface area contributed by atoms with Gasteiger partial charge in [0.05, 0.1) is 5.56 Å². The van der Waals surface area contributed by atoms with Gasteiger partial charge in [0.25, 0.3) is 5.91 Å². The molecule has 1 saturated heterocycles. The number of benzene rings is 1. The average Bonchev–Trinajstić information content (AvgIpc) is 2.72. The van der Waals surface area contributed by atoms with E-state index in [9.17, 15) is 18.5 Å². The number of halogens is 1. The molecule has 8 heteroatoms. The summed E-state index contributed by atoms with van der Waals surface area (Å²) in [5.41, 5.74) is 5.03. The lowest BCUT2D eigenvalue weighted by Crippen LogP contribution is -2.23. The number of anilines is 1. The molecule has 1 heterocycles. The fraction of sp³-hybridized carbons (Fsp3) is 0.250. The molecule has 0 radical (unpaired) electrons. The van der Waals surface area contributed by atoms with E-state index in [0.29, 0.717) is 13.0 Å². The van der Waals surface area contributed by atoms with Gasteiger partial charge in [-0.15, -0.1) is 0 Å². The Hall–Kier alpha value is -2.11. The standard InChI is InChI=1S/C12H12FN3O3S/c13-11-8(3-1-2-6-14)4-5-9(17)12(11)16-7-10(18)15-20(16)19/h4-5,17H,2,6-7,14H2,(H,15,18). The van der Waals surface area contributed by atoms with Crippen LogP contribution in [0.4, 0.5) is 10.1 Å². The molecular weight excluding hydrogens is 285 g/mol. The molecule has 1 fully saturated rings. The van der Waals surface area contributed by atoms with E-state index in [1.54, 1.807) is 0 Å². The van der Waals surface area contributed by atoms with Gasteiger partial charge in [0.15, 0.2) is 5.82 Å². The van der Waals surface area contributed by atoms with Gasteiger partial charge in [-0.1, -0.05) is 11.8 Å². The molecule has 1 atom stereocenters. The van der Waals surface area contributed by atoms with Crippen LogP contribution in [-0.4, -0.2) is 28.3 Å². The summed E-state index contributed by atoms with van der Waals surface area (Å²) < 4.78 is 29.0. The van der Waals surface area contributed by atoms with E-state index < -0.39 is 28.6 Å². The summed E-state index contributed by atoms with van der Waals surface area (Å²) in [7, 11) is 0. The van der Waals surface area contributed by atoms with Gasteiger partial charge >= 0.3 is 0 Å². The molecule has 6 nitrogen and oxygen atoms in total. The van der Waals surface area contributed by atoms with E-state index in [2.05, 4.69) is 16.6 Å². The highest BCUT2D eigenvalue weighted by molar-refractivity contribution is 7.85. The van der Waals surface area contributed by atoms with Crippen LogP contribution in [0, 0.1) is 17.7 Å². The second kappa shape index (κ2) is 5.90. The number of nitrogens with one attached hydrogen (secondary N) is 1. The number of nitrogens with zero attached hydrogens (tertiary/aromatic N) is 1. The van der Waals surface area contributed by atoms with Crippen molar-refractivity contribution in [3.8, 4) is 17.6 Å². The molecule has 1 aromatic carbocycles. The zero-order valence-corrected chi connectivity index (χ0v) is 11.2. The third kappa shape index (κ3) is 2.74. The summed E-state index contributed by atoms with van der Waals surface area (Å²) in [6, 6.07) is 2.55. The maximum atomic E-state index is 14.3. The molecule has 0 aliphatic carbocycles. The summed E-state index contributed by atoms with van der Waals surface area (Å²) >= 11 is -1.91. The predicted molar refractivity (Wildman–Crippen MR) is 72.2 cm³/mol. The molecule has 1 unspecified atom stereocenters. The van der Waals surface area contributed by atoms with Gasteiger partial charge in [-0.3, -0.25) is 13.8 Å². The van der Waals surface area contributed by atoms with Crippen LogP contribution in [0.15, 0.2) is 12.1 Å². The first-order valence-corrected chi connectivity index (χ1v) is 6.84. The quantitative estimate of drug-likeness (QED) is 0.656. The van der Waals surface area contributed by atoms with Crippen LogP contribution in [0.1, 0.15) is 12.0 Å². The summed E-state index contributed by atoms with van der Waals surface area (Å²) in [4.78, 5) is 11.2. The Morgan fingerprint density at radius 3 is 2.90 bits per heavy atom. The zero-order chi connectivity index (χ0) is 14.7. The minimum absolute atomic E-state index is 0.0441. The summed E-state index contributed by atoms with van der Waals surface area (Å²) in [5.74, 6) is 3.52. The lowest BCUT2D eigenvalue weighted by Gasteiger charge is -2.16. The lowest BCUT2D eigenvalue weighted by molar-refractivity contribution is -0.117. The highest BCUT2D eigenvalue weighted by Crippen LogP contribution is 2.33. The molecule has 1 amide bonds. The Labute approximate surface area is 117 Å². The van der Waals surface area contributed by atoms with Crippen molar-refractivity contribution in [1.82, 2.24) is 4.72 Å². The molecule has 106 valence electrons. The highest BCUT2D eigenvalue weighted by atomic mass is 32.2. The van der Waals surface area contributed by atoms with Crippen LogP contribution < -0.4 is 14.8 Å². The van der Waals surface area contributed by atoms with Crippen LogP contribution in [0.2, 0.25) is 0 Å². The molecule has 1 aromatic rings. The van der Waals surface area contributed by atoms with Gasteiger partial charge < -0.3 is 10.8 Å². The molecule has 20 heavy (non-hydrogen) atoms. The minimum atomic E-state index is -1.91. The number of amides is 1. The Morgan fingerprint density at radius 2 is 2.30 bits per heavy atom. The van der Waals surface area contributed by atoms with Crippen molar-refractivity contribution < 1.29 is 18.5 Å². The van der Waals surface area contributed by atoms with Crippen molar-refractivity contribution in [3.63, 3.8) is 0 Å². The highest BCUT2D eigenvalue weighted by Gasteiger charge is 2.31. The number of phenols is 1. The topological polar surface area (TPSA) is 95.7 Å². The van der Waals surface area contributed by atoms with Crippen LogP contribution in [0.5, 0.6) is 5.75 Å². The maximum absolute atomic E-state index is 14.3. The van der Waals surface area contributed by atoms with Gasteiger partial charge in [-0.05, 0) is 12.1 Å². The molecular formula is C12H12FN3O3S. The van der Waals surface area contributed by atoms with Gasteiger partial charge in [0.2, 0.25) is 11.2 Å². The van der Waals surface area contributed by atoms with Gasteiger partial charge in [-0.25, -0.2) is 8.60 Å². The monoisotopic (exact) mass is 297 g/mol. The fourth-order valence-corrected chi connectivity index (χ4v) is 2.60. The largest absolute Gasteiger partial charge is 0.506 e. The Bertz CT molecular complexity index is 639. The smallest absolute Gasteiger partial charge is 0.253 e. The molecule has 2 rings (SSSR count). The number of aromatic hydroxyl groups is 1. The van der Waals surface area contributed by atoms with Crippen molar-refractivity contribution in [2.75, 3.05) is 17.4 Å². The first kappa shape index (κ1) is 14.3. The summed E-state index contributed by atoms with van der Waals surface area (Å²) in [6.07, 6.45) is 0.408. The SMILES string of the molecule is NCCC#Cc1ccc(O)c(N2CC(=O)NS2=O)c1F. The third-order valence-electron chi connectivity index (χ3n) is 2.53. The van der Waals surface area contributed by atoms with E-state index in [1.165, 1.54) is 12.1 Å². The zero-order valence-electron chi connectivity index (χ0n) is 10.4. The Kier molecular flexibility index (Phi) is 4.22. The molecule has 4 N–H and O–H groups in total. The van der Waals surface area contributed by atoms with Crippen molar-refractivity contribution in [1.29, 1.82) is 0 Å².